The second kappa shape index (κ2) is 15.5. The summed E-state index contributed by atoms with van der Waals surface area (Å²) in [5.41, 5.74) is 13.2. The van der Waals surface area contributed by atoms with Crippen LogP contribution in [0.4, 0.5) is 17.1 Å². The topological polar surface area (TPSA) is 41.9 Å². The zero-order valence-corrected chi connectivity index (χ0v) is 33.2. The molecular formula is C57H38N4. The summed E-state index contributed by atoms with van der Waals surface area (Å²) in [4.78, 5) is 18.3. The van der Waals surface area contributed by atoms with Gasteiger partial charge in [-0.15, -0.1) is 0 Å². The lowest BCUT2D eigenvalue weighted by Gasteiger charge is -2.25. The Bertz CT molecular complexity index is 3280. The molecule has 0 atom stereocenters. The van der Waals surface area contributed by atoms with Gasteiger partial charge in [-0.2, -0.15) is 0 Å². The fraction of sp³-hybridized carbons (Fsp3) is 0. The minimum atomic E-state index is 0.675. The van der Waals surface area contributed by atoms with Gasteiger partial charge in [0, 0.05) is 55.5 Å². The van der Waals surface area contributed by atoms with Crippen LogP contribution in [0.3, 0.4) is 0 Å². The highest BCUT2D eigenvalue weighted by molar-refractivity contribution is 6.25. The van der Waals surface area contributed by atoms with Crippen molar-refractivity contribution in [1.29, 1.82) is 0 Å². The molecule has 0 N–H and O–H groups in total. The Kier molecular flexibility index (Phi) is 9.14. The SMILES string of the molecule is c1ccc(-c2ccc(-c3nc(-c4ccccc4)cc(-c4cc5c(-c6ccc(N(c7ccccc7)c7ccccc7)cc6)nc6ccccc6c5c5ccccc45)n3)cc2)cc1. The predicted molar refractivity (Wildman–Crippen MR) is 254 cm³/mol. The van der Waals surface area contributed by atoms with Crippen molar-refractivity contribution in [3.63, 3.8) is 0 Å². The van der Waals surface area contributed by atoms with E-state index >= 15 is 0 Å². The number of nitrogens with zero attached hydrogens (tertiary/aromatic N) is 4. The molecule has 0 bridgehead atoms. The maximum absolute atomic E-state index is 5.42. The van der Waals surface area contributed by atoms with Crippen molar-refractivity contribution in [2.45, 2.75) is 0 Å². The molecule has 0 aliphatic carbocycles. The molecule has 61 heavy (non-hydrogen) atoms. The summed E-state index contributed by atoms with van der Waals surface area (Å²) < 4.78 is 0. The number of hydrogen-bond donors (Lipinski definition) is 0. The molecule has 0 aliphatic heterocycles. The highest BCUT2D eigenvalue weighted by Gasteiger charge is 2.20. The van der Waals surface area contributed by atoms with Crippen molar-refractivity contribution in [2.24, 2.45) is 0 Å². The van der Waals surface area contributed by atoms with Crippen LogP contribution in [0.15, 0.2) is 231 Å². The number of hydrogen-bond acceptors (Lipinski definition) is 4. The third-order valence-corrected chi connectivity index (χ3v) is 11.5. The molecule has 11 rings (SSSR count). The second-order valence-corrected chi connectivity index (χ2v) is 15.2. The van der Waals surface area contributed by atoms with Crippen molar-refractivity contribution in [2.75, 3.05) is 4.90 Å². The molecule has 0 spiro atoms. The maximum Gasteiger partial charge on any atom is 0.160 e. The Labute approximate surface area is 354 Å². The number of aromatic nitrogens is 3. The molecule has 0 amide bonds. The molecule has 4 heteroatoms. The van der Waals surface area contributed by atoms with E-state index in [2.05, 4.69) is 223 Å². The number of para-hydroxylation sites is 3. The maximum atomic E-state index is 5.42. The zero-order chi connectivity index (χ0) is 40.5. The van der Waals surface area contributed by atoms with Gasteiger partial charge in [-0.1, -0.05) is 176 Å². The van der Waals surface area contributed by atoms with Crippen LogP contribution < -0.4 is 4.90 Å². The summed E-state index contributed by atoms with van der Waals surface area (Å²) in [5.74, 6) is 0.675. The molecule has 286 valence electrons. The van der Waals surface area contributed by atoms with E-state index in [1.54, 1.807) is 0 Å². The van der Waals surface area contributed by atoms with Gasteiger partial charge in [-0.25, -0.2) is 15.0 Å². The molecule has 0 saturated heterocycles. The van der Waals surface area contributed by atoms with E-state index in [-0.39, 0.29) is 0 Å². The first kappa shape index (κ1) is 35.9. The van der Waals surface area contributed by atoms with E-state index < -0.39 is 0 Å². The minimum absolute atomic E-state index is 0.675. The van der Waals surface area contributed by atoms with E-state index in [1.165, 1.54) is 10.9 Å². The Morgan fingerprint density at radius 2 is 0.770 bits per heavy atom. The first-order valence-corrected chi connectivity index (χ1v) is 20.6. The molecule has 0 saturated carbocycles. The van der Waals surface area contributed by atoms with Gasteiger partial charge in [0.1, 0.15) is 0 Å². The largest absolute Gasteiger partial charge is 0.311 e. The summed E-state index contributed by atoms with van der Waals surface area (Å²) in [7, 11) is 0. The molecule has 0 radical (unpaired) electrons. The summed E-state index contributed by atoms with van der Waals surface area (Å²) in [6, 6.07) is 80.9. The third kappa shape index (κ3) is 6.76. The normalized spacial score (nSPS) is 11.3. The van der Waals surface area contributed by atoms with Crippen molar-refractivity contribution in [3.05, 3.63) is 231 Å². The second-order valence-electron chi connectivity index (χ2n) is 15.2. The molecule has 0 fully saturated rings. The van der Waals surface area contributed by atoms with E-state index in [4.69, 9.17) is 15.0 Å². The Balaban J connectivity index is 1.12. The first-order chi connectivity index (χ1) is 30.2. The number of fused-ring (bicyclic) bond motifs is 5. The van der Waals surface area contributed by atoms with Crippen molar-refractivity contribution in [1.82, 2.24) is 15.0 Å². The van der Waals surface area contributed by atoms with Crippen LogP contribution in [0.5, 0.6) is 0 Å². The average molecular weight is 779 g/mol. The Morgan fingerprint density at radius 3 is 1.43 bits per heavy atom. The van der Waals surface area contributed by atoms with Crippen molar-refractivity contribution in [3.8, 4) is 56.3 Å². The van der Waals surface area contributed by atoms with Gasteiger partial charge in [0.25, 0.3) is 0 Å². The van der Waals surface area contributed by atoms with Gasteiger partial charge in [0.15, 0.2) is 5.82 Å². The lowest BCUT2D eigenvalue weighted by Crippen LogP contribution is -2.09. The molecule has 2 aromatic heterocycles. The molecule has 11 aromatic rings. The zero-order valence-electron chi connectivity index (χ0n) is 33.2. The minimum Gasteiger partial charge on any atom is -0.311 e. The van der Waals surface area contributed by atoms with E-state index in [0.29, 0.717) is 5.82 Å². The highest BCUT2D eigenvalue weighted by atomic mass is 15.1. The Hall–Kier alpha value is -8.21. The van der Waals surface area contributed by atoms with Crippen LogP contribution in [0.1, 0.15) is 0 Å². The average Bonchev–Trinajstić information content (AvgIpc) is 3.35. The van der Waals surface area contributed by atoms with Gasteiger partial charge >= 0.3 is 0 Å². The Morgan fingerprint density at radius 1 is 0.295 bits per heavy atom. The molecule has 9 aromatic carbocycles. The molecule has 4 nitrogen and oxygen atoms in total. The lowest BCUT2D eigenvalue weighted by molar-refractivity contribution is 1.19. The number of rotatable bonds is 8. The summed E-state index contributed by atoms with van der Waals surface area (Å²) in [6.45, 7) is 0. The molecule has 0 aliphatic rings. The van der Waals surface area contributed by atoms with E-state index in [1.807, 2.05) is 12.1 Å². The predicted octanol–water partition coefficient (Wildman–Crippen LogP) is 15.1. The van der Waals surface area contributed by atoms with Crippen LogP contribution in [-0.2, 0) is 0 Å². The fourth-order valence-electron chi connectivity index (χ4n) is 8.53. The number of benzene rings is 9. The molecule has 0 unspecified atom stereocenters. The van der Waals surface area contributed by atoms with Crippen LogP contribution in [0.2, 0.25) is 0 Å². The van der Waals surface area contributed by atoms with Gasteiger partial charge in [-0.05, 0) is 76.5 Å². The smallest absolute Gasteiger partial charge is 0.160 e. The fourth-order valence-corrected chi connectivity index (χ4v) is 8.53. The van der Waals surface area contributed by atoms with Gasteiger partial charge in [0.05, 0.1) is 22.6 Å². The van der Waals surface area contributed by atoms with Crippen LogP contribution >= 0.6 is 0 Å². The van der Waals surface area contributed by atoms with Crippen LogP contribution in [0, 0.1) is 0 Å². The standard InChI is InChI=1S/C57H38N4/c1-5-17-39(18-6-1)40-29-31-43(32-30-40)57-59-53(41-19-7-2-8-20-41)38-54(60-57)50-37-51-55(48-26-14-13-25-47(48)50)49-27-15-16-28-52(49)58-56(51)42-33-35-46(36-34-42)61(44-21-9-3-10-22-44)45-23-11-4-12-24-45/h1-38H. The van der Waals surface area contributed by atoms with Crippen molar-refractivity contribution >= 4 is 49.5 Å². The quantitative estimate of drug-likeness (QED) is 0.144. The van der Waals surface area contributed by atoms with Gasteiger partial charge in [0.2, 0.25) is 0 Å². The summed E-state index contributed by atoms with van der Waals surface area (Å²) >= 11 is 0. The monoisotopic (exact) mass is 778 g/mol. The van der Waals surface area contributed by atoms with Crippen molar-refractivity contribution < 1.29 is 0 Å². The van der Waals surface area contributed by atoms with E-state index in [0.717, 1.165) is 89.0 Å². The first-order valence-electron chi connectivity index (χ1n) is 20.6. The third-order valence-electron chi connectivity index (χ3n) is 11.5. The number of pyridine rings is 1. The van der Waals surface area contributed by atoms with Crippen LogP contribution in [-0.4, -0.2) is 15.0 Å². The lowest BCUT2D eigenvalue weighted by atomic mass is 9.91. The summed E-state index contributed by atoms with van der Waals surface area (Å²) in [5, 5.41) is 5.63. The summed E-state index contributed by atoms with van der Waals surface area (Å²) in [6.07, 6.45) is 0. The van der Waals surface area contributed by atoms with Gasteiger partial charge in [-0.3, -0.25) is 0 Å². The molecular weight excluding hydrogens is 741 g/mol. The van der Waals surface area contributed by atoms with Gasteiger partial charge < -0.3 is 4.90 Å². The van der Waals surface area contributed by atoms with Crippen LogP contribution in [0.25, 0.3) is 88.7 Å². The van der Waals surface area contributed by atoms with E-state index in [9.17, 15) is 0 Å². The number of anilines is 3. The highest BCUT2D eigenvalue weighted by Crippen LogP contribution is 2.43. The molecule has 2 heterocycles.